The Kier molecular flexibility index (Phi) is 2.82. The van der Waals surface area contributed by atoms with Crippen LogP contribution < -0.4 is 5.56 Å². The van der Waals surface area contributed by atoms with Crippen molar-refractivity contribution in [2.24, 2.45) is 0 Å². The van der Waals surface area contributed by atoms with Crippen molar-refractivity contribution in [3.8, 4) is 0 Å². The monoisotopic (exact) mass is 246 g/mol. The molecular formula is C7H7BrN2O3. The molecule has 0 fully saturated rings. The quantitative estimate of drug-likeness (QED) is 0.588. The summed E-state index contributed by atoms with van der Waals surface area (Å²) in [6, 6.07) is 1.20. The molecule has 0 N–H and O–H groups in total. The van der Waals surface area contributed by atoms with Gasteiger partial charge in [0.2, 0.25) is 0 Å². The molecule has 0 bridgehead atoms. The molecule has 0 saturated heterocycles. The van der Waals surface area contributed by atoms with Crippen LogP contribution in [0, 0.1) is 10.1 Å². The average Bonchev–Trinajstić information content (AvgIpc) is 2.08. The van der Waals surface area contributed by atoms with Gasteiger partial charge in [-0.15, -0.1) is 0 Å². The molecule has 0 spiro atoms. The molecule has 0 unspecified atom stereocenters. The smallest absolute Gasteiger partial charge is 0.309 e. The van der Waals surface area contributed by atoms with Crippen LogP contribution in [0.25, 0.3) is 0 Å². The molecule has 0 atom stereocenters. The van der Waals surface area contributed by atoms with Crippen LogP contribution in [0.4, 0.5) is 5.69 Å². The Morgan fingerprint density at radius 1 is 1.69 bits per heavy atom. The summed E-state index contributed by atoms with van der Waals surface area (Å²) >= 11 is 3.09. The fourth-order valence-electron chi connectivity index (χ4n) is 0.950. The van der Waals surface area contributed by atoms with Gasteiger partial charge in [0.25, 0.3) is 0 Å². The lowest BCUT2D eigenvalue weighted by atomic mass is 10.4. The van der Waals surface area contributed by atoms with Crippen LogP contribution in [0.5, 0.6) is 0 Å². The zero-order valence-electron chi connectivity index (χ0n) is 6.86. The zero-order valence-corrected chi connectivity index (χ0v) is 8.44. The van der Waals surface area contributed by atoms with E-state index in [0.717, 1.165) is 0 Å². The standard InChI is InChI=1S/C7H7BrN2O3/c1-2-9-4-5(8)3-6(7(9)11)10(12)13/h3-4H,2H2,1H3. The van der Waals surface area contributed by atoms with Crippen LogP contribution in [-0.4, -0.2) is 9.49 Å². The second-order valence-electron chi connectivity index (χ2n) is 2.39. The van der Waals surface area contributed by atoms with Crippen LogP contribution in [0.2, 0.25) is 0 Å². The number of nitrogens with zero attached hydrogens (tertiary/aromatic N) is 2. The van der Waals surface area contributed by atoms with Gasteiger partial charge in [0.15, 0.2) is 0 Å². The van der Waals surface area contributed by atoms with E-state index in [0.29, 0.717) is 11.0 Å². The van der Waals surface area contributed by atoms with Gasteiger partial charge in [-0.2, -0.15) is 0 Å². The number of halogens is 1. The Labute approximate surface area is 82.3 Å². The first-order valence-corrected chi connectivity index (χ1v) is 4.40. The third-order valence-electron chi connectivity index (χ3n) is 1.57. The molecule has 70 valence electrons. The predicted molar refractivity (Wildman–Crippen MR) is 50.7 cm³/mol. The second-order valence-corrected chi connectivity index (χ2v) is 3.31. The van der Waals surface area contributed by atoms with Gasteiger partial charge >= 0.3 is 11.2 Å². The van der Waals surface area contributed by atoms with Gasteiger partial charge in [-0.25, -0.2) is 0 Å². The van der Waals surface area contributed by atoms with E-state index >= 15 is 0 Å². The number of hydrogen-bond donors (Lipinski definition) is 0. The summed E-state index contributed by atoms with van der Waals surface area (Å²) in [5.41, 5.74) is -0.980. The van der Waals surface area contributed by atoms with E-state index in [9.17, 15) is 14.9 Å². The molecule has 1 aromatic rings. The van der Waals surface area contributed by atoms with E-state index in [1.54, 1.807) is 6.92 Å². The number of hydrogen-bond acceptors (Lipinski definition) is 3. The average molecular weight is 247 g/mol. The topological polar surface area (TPSA) is 65.1 Å². The Balaban J connectivity index is 3.45. The van der Waals surface area contributed by atoms with Crippen LogP contribution in [-0.2, 0) is 6.54 Å². The molecule has 0 saturated carbocycles. The third kappa shape index (κ3) is 1.95. The highest BCUT2D eigenvalue weighted by atomic mass is 79.9. The largest absolute Gasteiger partial charge is 0.335 e. The summed E-state index contributed by atoms with van der Waals surface area (Å²) in [5, 5.41) is 10.4. The minimum atomic E-state index is -0.681. The molecule has 0 aromatic carbocycles. The summed E-state index contributed by atoms with van der Waals surface area (Å²) < 4.78 is 1.81. The molecule has 0 aliphatic rings. The van der Waals surface area contributed by atoms with Crippen molar-refractivity contribution in [2.75, 3.05) is 0 Å². The SMILES string of the molecule is CCn1cc(Br)cc([N+](=O)[O-])c1=O. The van der Waals surface area contributed by atoms with Gasteiger partial charge in [0.1, 0.15) is 0 Å². The number of pyridine rings is 1. The van der Waals surface area contributed by atoms with Gasteiger partial charge in [-0.1, -0.05) is 0 Å². The summed E-state index contributed by atoms with van der Waals surface area (Å²) in [6.45, 7) is 2.16. The fourth-order valence-corrected chi connectivity index (χ4v) is 1.41. The van der Waals surface area contributed by atoms with Crippen molar-refractivity contribution in [2.45, 2.75) is 13.5 Å². The first-order chi connectivity index (χ1) is 6.06. The number of rotatable bonds is 2. The number of aryl methyl sites for hydroxylation is 1. The van der Waals surface area contributed by atoms with Gasteiger partial charge in [-0.05, 0) is 22.9 Å². The first-order valence-electron chi connectivity index (χ1n) is 3.60. The number of aromatic nitrogens is 1. The molecule has 0 amide bonds. The Morgan fingerprint density at radius 3 is 2.77 bits per heavy atom. The van der Waals surface area contributed by atoms with Crippen molar-refractivity contribution in [1.29, 1.82) is 0 Å². The highest BCUT2D eigenvalue weighted by Crippen LogP contribution is 2.13. The zero-order chi connectivity index (χ0) is 10.0. The lowest BCUT2D eigenvalue weighted by Crippen LogP contribution is -2.21. The molecule has 6 heteroatoms. The molecular weight excluding hydrogens is 240 g/mol. The lowest BCUT2D eigenvalue weighted by Gasteiger charge is -2.01. The maximum Gasteiger partial charge on any atom is 0.335 e. The van der Waals surface area contributed by atoms with Crippen molar-refractivity contribution >= 4 is 21.6 Å². The highest BCUT2D eigenvalue weighted by molar-refractivity contribution is 9.10. The van der Waals surface area contributed by atoms with E-state index in [4.69, 9.17) is 0 Å². The molecule has 1 heterocycles. The minimum absolute atomic E-state index is 0.406. The van der Waals surface area contributed by atoms with Crippen LogP contribution in [0.1, 0.15) is 6.92 Å². The van der Waals surface area contributed by atoms with Crippen molar-refractivity contribution in [3.05, 3.63) is 37.2 Å². The molecule has 0 radical (unpaired) electrons. The molecule has 1 aromatic heterocycles. The fraction of sp³-hybridized carbons (Fsp3) is 0.286. The van der Waals surface area contributed by atoms with Crippen molar-refractivity contribution in [1.82, 2.24) is 4.57 Å². The molecule has 1 rings (SSSR count). The van der Waals surface area contributed by atoms with Crippen LogP contribution in [0.15, 0.2) is 21.5 Å². The Morgan fingerprint density at radius 2 is 2.31 bits per heavy atom. The molecule has 0 aliphatic heterocycles. The summed E-state index contributed by atoms with van der Waals surface area (Å²) in [5.74, 6) is 0. The van der Waals surface area contributed by atoms with Gasteiger partial charge in [-0.3, -0.25) is 14.9 Å². The van der Waals surface area contributed by atoms with Crippen LogP contribution >= 0.6 is 15.9 Å². The highest BCUT2D eigenvalue weighted by Gasteiger charge is 2.14. The maximum atomic E-state index is 11.3. The lowest BCUT2D eigenvalue weighted by molar-refractivity contribution is -0.386. The van der Waals surface area contributed by atoms with Gasteiger partial charge in [0.05, 0.1) is 4.92 Å². The van der Waals surface area contributed by atoms with Crippen molar-refractivity contribution < 1.29 is 4.92 Å². The molecule has 0 aliphatic carbocycles. The summed E-state index contributed by atoms with van der Waals surface area (Å²) in [6.07, 6.45) is 1.52. The van der Waals surface area contributed by atoms with E-state index < -0.39 is 16.2 Å². The Bertz CT molecular complexity index is 399. The van der Waals surface area contributed by atoms with Crippen molar-refractivity contribution in [3.63, 3.8) is 0 Å². The minimum Gasteiger partial charge on any atom is -0.309 e. The van der Waals surface area contributed by atoms with Crippen LogP contribution in [0.3, 0.4) is 0 Å². The number of nitro groups is 1. The predicted octanol–water partition coefficient (Wildman–Crippen LogP) is 1.54. The molecule has 13 heavy (non-hydrogen) atoms. The van der Waals surface area contributed by atoms with E-state index in [1.807, 2.05) is 0 Å². The normalized spacial score (nSPS) is 10.0. The second kappa shape index (κ2) is 3.69. The Hall–Kier alpha value is -1.17. The summed E-state index contributed by atoms with van der Waals surface area (Å²) in [4.78, 5) is 21.0. The van der Waals surface area contributed by atoms with Gasteiger partial charge < -0.3 is 4.57 Å². The van der Waals surface area contributed by atoms with E-state index in [2.05, 4.69) is 15.9 Å². The van der Waals surface area contributed by atoms with Gasteiger partial charge in [0, 0.05) is 23.3 Å². The first kappa shape index (κ1) is 9.91. The van der Waals surface area contributed by atoms with E-state index in [1.165, 1.54) is 16.8 Å². The third-order valence-corrected chi connectivity index (χ3v) is 2.00. The molecule has 5 nitrogen and oxygen atoms in total. The van der Waals surface area contributed by atoms with E-state index in [-0.39, 0.29) is 0 Å². The maximum absolute atomic E-state index is 11.3. The summed E-state index contributed by atoms with van der Waals surface area (Å²) in [7, 11) is 0.